The van der Waals surface area contributed by atoms with Crippen LogP contribution in [0.15, 0.2) is 205 Å². The fourth-order valence-corrected chi connectivity index (χ4v) is 7.72. The van der Waals surface area contributed by atoms with E-state index in [1.165, 1.54) is 0 Å². The van der Waals surface area contributed by atoms with E-state index in [4.69, 9.17) is 0 Å². The van der Waals surface area contributed by atoms with Crippen LogP contribution in [0.1, 0.15) is 77.2 Å². The molecule has 0 radical (unpaired) electrons. The van der Waals surface area contributed by atoms with Crippen LogP contribution in [0.3, 0.4) is 0 Å². The highest BCUT2D eigenvalue weighted by Crippen LogP contribution is 2.44. The lowest BCUT2D eigenvalue weighted by atomic mass is 9.79. The summed E-state index contributed by atoms with van der Waals surface area (Å²) in [7, 11) is 0. The van der Waals surface area contributed by atoms with Gasteiger partial charge in [0.1, 0.15) is 0 Å². The van der Waals surface area contributed by atoms with E-state index in [1.807, 2.05) is 194 Å². The molecule has 0 fully saturated rings. The molecule has 4 nitrogen and oxygen atoms in total. The topological polar surface area (TPSA) is 68.3 Å². The zero-order chi connectivity index (χ0) is 37.3. The van der Waals surface area contributed by atoms with Crippen LogP contribution < -0.4 is 0 Å². The SMILES string of the molecule is O=C(C1=CC[C@@H](c2ccccc2)[C@@H]1C(=O)c1ccccc1)c1ccccc1.O=C(C1=CC[C@H](c2ccccc2)[C@H]1C(=O)c1ccccc1)c1ccccc1. The van der Waals surface area contributed by atoms with Gasteiger partial charge < -0.3 is 0 Å². The van der Waals surface area contributed by atoms with Gasteiger partial charge in [0, 0.05) is 45.2 Å². The fraction of sp³-hybridized carbons (Fsp3) is 0.120. The lowest BCUT2D eigenvalue weighted by Crippen LogP contribution is -2.24. The van der Waals surface area contributed by atoms with Crippen molar-refractivity contribution in [2.75, 3.05) is 0 Å². The summed E-state index contributed by atoms with van der Waals surface area (Å²) in [6.45, 7) is 0. The van der Waals surface area contributed by atoms with Crippen molar-refractivity contribution in [3.05, 3.63) is 239 Å². The van der Waals surface area contributed by atoms with E-state index in [0.29, 0.717) is 46.2 Å². The number of benzene rings is 6. The van der Waals surface area contributed by atoms with Gasteiger partial charge in [0.2, 0.25) is 0 Å². The normalized spacial score (nSPS) is 18.7. The van der Waals surface area contributed by atoms with Crippen LogP contribution in [0, 0.1) is 11.8 Å². The van der Waals surface area contributed by atoms with Gasteiger partial charge in [-0.2, -0.15) is 0 Å². The Bertz CT molecular complexity index is 2110. The molecule has 6 aromatic carbocycles. The number of ketones is 4. The minimum atomic E-state index is -0.456. The molecular formula is C50H40O4. The molecule has 0 N–H and O–H groups in total. The molecule has 6 aromatic rings. The smallest absolute Gasteiger partial charge is 0.189 e. The number of carbonyl (C=O) groups is 4. The first-order chi connectivity index (χ1) is 26.5. The van der Waals surface area contributed by atoms with Crippen molar-refractivity contribution in [3.63, 3.8) is 0 Å². The van der Waals surface area contributed by atoms with Crippen molar-refractivity contribution in [2.24, 2.45) is 11.8 Å². The summed E-state index contributed by atoms with van der Waals surface area (Å²) in [5, 5.41) is 0. The molecule has 54 heavy (non-hydrogen) atoms. The highest BCUT2D eigenvalue weighted by Gasteiger charge is 2.41. The Morgan fingerprint density at radius 2 is 0.593 bits per heavy atom. The lowest BCUT2D eigenvalue weighted by Gasteiger charge is -2.22. The maximum Gasteiger partial charge on any atom is 0.189 e. The predicted octanol–water partition coefficient (Wildman–Crippen LogP) is 11.0. The molecular weight excluding hydrogens is 665 g/mol. The van der Waals surface area contributed by atoms with Gasteiger partial charge in [-0.25, -0.2) is 0 Å². The van der Waals surface area contributed by atoms with Gasteiger partial charge >= 0.3 is 0 Å². The van der Waals surface area contributed by atoms with Crippen molar-refractivity contribution in [1.82, 2.24) is 0 Å². The van der Waals surface area contributed by atoms with Crippen LogP contribution in [-0.4, -0.2) is 23.1 Å². The van der Waals surface area contributed by atoms with Crippen molar-refractivity contribution >= 4 is 23.1 Å². The van der Waals surface area contributed by atoms with Crippen LogP contribution in [0.4, 0.5) is 0 Å². The van der Waals surface area contributed by atoms with E-state index in [1.54, 1.807) is 0 Å². The van der Waals surface area contributed by atoms with Crippen LogP contribution in [0.2, 0.25) is 0 Å². The van der Waals surface area contributed by atoms with E-state index >= 15 is 0 Å². The Morgan fingerprint density at radius 1 is 0.333 bits per heavy atom. The van der Waals surface area contributed by atoms with Crippen LogP contribution in [0.25, 0.3) is 0 Å². The van der Waals surface area contributed by atoms with Gasteiger partial charge in [-0.3, -0.25) is 19.2 Å². The molecule has 0 unspecified atom stereocenters. The van der Waals surface area contributed by atoms with Gasteiger partial charge in [0.05, 0.1) is 11.8 Å². The maximum atomic E-state index is 13.4. The highest BCUT2D eigenvalue weighted by molar-refractivity contribution is 6.16. The Balaban J connectivity index is 0.000000167. The molecule has 4 atom stereocenters. The number of rotatable bonds is 10. The Kier molecular flexibility index (Phi) is 11.2. The molecule has 0 aromatic heterocycles. The summed E-state index contributed by atoms with van der Waals surface area (Å²) in [4.78, 5) is 53.1. The Labute approximate surface area is 316 Å². The maximum absolute atomic E-state index is 13.4. The third-order valence-corrected chi connectivity index (χ3v) is 10.4. The summed E-state index contributed by atoms with van der Waals surface area (Å²) in [6, 6.07) is 57.0. The average Bonchev–Trinajstić information content (AvgIpc) is 3.91. The number of hydrogen-bond donors (Lipinski definition) is 0. The Morgan fingerprint density at radius 3 is 0.889 bits per heavy atom. The summed E-state index contributed by atoms with van der Waals surface area (Å²) in [5.41, 5.74) is 5.98. The van der Waals surface area contributed by atoms with Gasteiger partial charge in [-0.05, 0) is 24.0 Å². The van der Waals surface area contributed by atoms with Crippen molar-refractivity contribution in [3.8, 4) is 0 Å². The first-order valence-electron chi connectivity index (χ1n) is 18.4. The number of allylic oxidation sites excluding steroid dienone is 4. The molecule has 2 aliphatic rings. The quantitative estimate of drug-likeness (QED) is 0.133. The molecule has 0 spiro atoms. The first kappa shape index (κ1) is 35.9. The zero-order valence-electron chi connectivity index (χ0n) is 29.8. The van der Waals surface area contributed by atoms with Gasteiger partial charge in [-0.15, -0.1) is 0 Å². The molecule has 4 heteroatoms. The van der Waals surface area contributed by atoms with Crippen molar-refractivity contribution < 1.29 is 19.2 Å². The summed E-state index contributed by atoms with van der Waals surface area (Å²) >= 11 is 0. The summed E-state index contributed by atoms with van der Waals surface area (Å²) < 4.78 is 0. The third kappa shape index (κ3) is 7.79. The van der Waals surface area contributed by atoms with Crippen LogP contribution in [0.5, 0.6) is 0 Å². The molecule has 0 saturated heterocycles. The molecule has 8 rings (SSSR count). The van der Waals surface area contributed by atoms with Crippen LogP contribution in [-0.2, 0) is 0 Å². The second-order valence-electron chi connectivity index (χ2n) is 13.6. The molecule has 0 saturated carbocycles. The van der Waals surface area contributed by atoms with Gasteiger partial charge in [0.15, 0.2) is 23.1 Å². The van der Waals surface area contributed by atoms with E-state index < -0.39 is 11.8 Å². The molecule has 0 aliphatic heterocycles. The van der Waals surface area contributed by atoms with E-state index in [-0.39, 0.29) is 35.0 Å². The van der Waals surface area contributed by atoms with Crippen LogP contribution >= 0.6 is 0 Å². The van der Waals surface area contributed by atoms with Crippen molar-refractivity contribution in [1.29, 1.82) is 0 Å². The second kappa shape index (κ2) is 16.9. The lowest BCUT2D eigenvalue weighted by molar-refractivity contribution is 0.0897. The molecule has 264 valence electrons. The number of hydrogen-bond acceptors (Lipinski definition) is 4. The number of carbonyl (C=O) groups excluding carboxylic acids is 4. The number of Topliss-reactive ketones (excluding diaryl/α,β-unsaturated/α-hetero) is 4. The highest BCUT2D eigenvalue weighted by atomic mass is 16.1. The molecule has 2 aliphatic carbocycles. The van der Waals surface area contributed by atoms with Crippen molar-refractivity contribution in [2.45, 2.75) is 24.7 Å². The van der Waals surface area contributed by atoms with E-state index in [9.17, 15) is 19.2 Å². The fourth-order valence-electron chi connectivity index (χ4n) is 7.72. The zero-order valence-corrected chi connectivity index (χ0v) is 29.8. The second-order valence-corrected chi connectivity index (χ2v) is 13.6. The predicted molar refractivity (Wildman–Crippen MR) is 214 cm³/mol. The summed E-state index contributed by atoms with van der Waals surface area (Å²) in [5.74, 6) is -1.02. The first-order valence-corrected chi connectivity index (χ1v) is 18.4. The van der Waals surface area contributed by atoms with Gasteiger partial charge in [-0.1, -0.05) is 194 Å². The van der Waals surface area contributed by atoms with Gasteiger partial charge in [0.25, 0.3) is 0 Å². The standard InChI is InChI=1S/2C25H20O2/c2*26-24(19-12-6-2-7-13-19)22-17-16-21(18-10-4-1-5-11-18)23(22)25(27)20-14-8-3-9-15-20/h2*1-15,17,21,23H,16H2/t2*21-,23-/m10/s1. The largest absolute Gasteiger partial charge is 0.293 e. The third-order valence-electron chi connectivity index (χ3n) is 10.4. The minimum absolute atomic E-state index is 0.0116. The molecule has 0 amide bonds. The average molecular weight is 705 g/mol. The van der Waals surface area contributed by atoms with E-state index in [0.717, 1.165) is 11.1 Å². The summed E-state index contributed by atoms with van der Waals surface area (Å²) in [6.07, 6.45) is 5.30. The molecule has 0 heterocycles. The minimum Gasteiger partial charge on any atom is -0.293 e. The molecule has 0 bridgehead atoms. The Hall–Kier alpha value is -6.52. The van der Waals surface area contributed by atoms with E-state index in [2.05, 4.69) is 0 Å². The monoisotopic (exact) mass is 704 g/mol.